The molecule has 1 aliphatic carbocycles. The van der Waals surface area contributed by atoms with E-state index >= 15 is 0 Å². The Balaban J connectivity index is 1.32. The van der Waals surface area contributed by atoms with Crippen LogP contribution in [0.25, 0.3) is 16.9 Å². The van der Waals surface area contributed by atoms with E-state index in [0.29, 0.717) is 17.3 Å². The van der Waals surface area contributed by atoms with Crippen LogP contribution in [-0.4, -0.2) is 45.5 Å². The van der Waals surface area contributed by atoms with Gasteiger partial charge in [-0.25, -0.2) is 29.3 Å². The standard InChI is InChI=1S/C20H21N9O/c1-13-24-19-16(3-2-10-22-19)20(25-13)26-14-4-6-15(7-5-14)29-18(30)9-8-17(27-29)28-12-21-11-23-28/h2-3,8-12,14-15H,4-7H2,1H3,(H,22,24,25,26). The minimum atomic E-state index is -0.0984. The third kappa shape index (κ3) is 3.51. The minimum absolute atomic E-state index is 0.0598. The number of anilines is 1. The lowest BCUT2D eigenvalue weighted by molar-refractivity contribution is 0.302. The fraction of sp³-hybridized carbons (Fsp3) is 0.350. The highest BCUT2D eigenvalue weighted by Crippen LogP contribution is 2.30. The molecule has 1 saturated carbocycles. The Kier molecular flexibility index (Phi) is 4.66. The molecule has 1 fully saturated rings. The van der Waals surface area contributed by atoms with E-state index < -0.39 is 0 Å². The Labute approximate surface area is 172 Å². The second-order valence-electron chi connectivity index (χ2n) is 7.46. The van der Waals surface area contributed by atoms with Crippen molar-refractivity contribution in [2.75, 3.05) is 5.32 Å². The lowest BCUT2D eigenvalue weighted by atomic mass is 9.91. The summed E-state index contributed by atoms with van der Waals surface area (Å²) >= 11 is 0. The second-order valence-corrected chi connectivity index (χ2v) is 7.46. The summed E-state index contributed by atoms with van der Waals surface area (Å²) in [6, 6.07) is 7.41. The summed E-state index contributed by atoms with van der Waals surface area (Å²) in [4.78, 5) is 29.7. The van der Waals surface area contributed by atoms with Crippen LogP contribution >= 0.6 is 0 Å². The van der Waals surface area contributed by atoms with Crippen LogP contribution in [0.3, 0.4) is 0 Å². The van der Waals surface area contributed by atoms with Gasteiger partial charge in [0.15, 0.2) is 11.5 Å². The van der Waals surface area contributed by atoms with E-state index in [0.717, 1.165) is 36.9 Å². The highest BCUT2D eigenvalue weighted by Gasteiger charge is 2.25. The molecule has 10 heteroatoms. The number of pyridine rings is 1. The van der Waals surface area contributed by atoms with Crippen molar-refractivity contribution in [1.29, 1.82) is 0 Å². The number of nitrogens with zero attached hydrogens (tertiary/aromatic N) is 8. The number of fused-ring (bicyclic) bond motifs is 1. The van der Waals surface area contributed by atoms with Crippen LogP contribution in [0.1, 0.15) is 37.5 Å². The number of hydrogen-bond donors (Lipinski definition) is 1. The molecule has 5 rings (SSSR count). The number of rotatable bonds is 4. The molecule has 0 aliphatic heterocycles. The van der Waals surface area contributed by atoms with Crippen LogP contribution in [0.5, 0.6) is 0 Å². The Morgan fingerprint density at radius 3 is 2.77 bits per heavy atom. The van der Waals surface area contributed by atoms with Crippen molar-refractivity contribution in [1.82, 2.24) is 39.5 Å². The maximum atomic E-state index is 12.4. The van der Waals surface area contributed by atoms with Crippen LogP contribution in [0.2, 0.25) is 0 Å². The summed E-state index contributed by atoms with van der Waals surface area (Å²) in [5.41, 5.74) is 0.598. The molecule has 0 aromatic carbocycles. The molecule has 0 amide bonds. The molecule has 4 aromatic heterocycles. The molecule has 4 heterocycles. The first-order valence-corrected chi connectivity index (χ1v) is 9.98. The number of nitrogens with one attached hydrogen (secondary N) is 1. The molecular weight excluding hydrogens is 382 g/mol. The smallest absolute Gasteiger partial charge is 0.267 e. The van der Waals surface area contributed by atoms with Gasteiger partial charge in [-0.2, -0.15) is 5.10 Å². The maximum absolute atomic E-state index is 12.4. The predicted molar refractivity (Wildman–Crippen MR) is 110 cm³/mol. The first-order chi connectivity index (χ1) is 14.7. The largest absolute Gasteiger partial charge is 0.367 e. The van der Waals surface area contributed by atoms with Crippen LogP contribution in [0.15, 0.2) is 47.9 Å². The molecule has 0 spiro atoms. The zero-order valence-electron chi connectivity index (χ0n) is 16.5. The molecule has 0 saturated heterocycles. The van der Waals surface area contributed by atoms with E-state index in [2.05, 4.69) is 35.5 Å². The molecule has 1 N–H and O–H groups in total. The minimum Gasteiger partial charge on any atom is -0.367 e. The second kappa shape index (κ2) is 7.62. The number of hydrogen-bond acceptors (Lipinski definition) is 8. The molecule has 0 radical (unpaired) electrons. The summed E-state index contributed by atoms with van der Waals surface area (Å²) in [6.07, 6.45) is 8.29. The van der Waals surface area contributed by atoms with Crippen LogP contribution in [0, 0.1) is 6.92 Å². The van der Waals surface area contributed by atoms with Gasteiger partial charge < -0.3 is 5.32 Å². The molecule has 0 unspecified atom stereocenters. The highest BCUT2D eigenvalue weighted by molar-refractivity contribution is 5.86. The third-order valence-electron chi connectivity index (χ3n) is 5.43. The Hall–Kier alpha value is -3.69. The molecule has 152 valence electrons. The van der Waals surface area contributed by atoms with Crippen LogP contribution in [-0.2, 0) is 0 Å². The molecule has 4 aromatic rings. The van der Waals surface area contributed by atoms with Crippen molar-refractivity contribution < 1.29 is 0 Å². The predicted octanol–water partition coefficient (Wildman–Crippen LogP) is 2.07. The van der Waals surface area contributed by atoms with Crippen molar-refractivity contribution in [2.45, 2.75) is 44.7 Å². The summed E-state index contributed by atoms with van der Waals surface area (Å²) in [6.45, 7) is 1.87. The zero-order valence-corrected chi connectivity index (χ0v) is 16.5. The molecule has 0 atom stereocenters. The van der Waals surface area contributed by atoms with Crippen molar-refractivity contribution in [3.63, 3.8) is 0 Å². The number of aromatic nitrogens is 8. The van der Waals surface area contributed by atoms with Gasteiger partial charge in [-0.15, -0.1) is 5.10 Å². The summed E-state index contributed by atoms with van der Waals surface area (Å²) in [5, 5.41) is 13.1. The normalized spacial score (nSPS) is 19.1. The Morgan fingerprint density at radius 1 is 1.10 bits per heavy atom. The Morgan fingerprint density at radius 2 is 1.97 bits per heavy atom. The zero-order chi connectivity index (χ0) is 20.5. The van der Waals surface area contributed by atoms with Gasteiger partial charge in [0, 0.05) is 18.3 Å². The molecule has 10 nitrogen and oxygen atoms in total. The van der Waals surface area contributed by atoms with Gasteiger partial charge in [-0.1, -0.05) is 0 Å². The summed E-state index contributed by atoms with van der Waals surface area (Å²) in [7, 11) is 0. The van der Waals surface area contributed by atoms with E-state index in [1.54, 1.807) is 28.0 Å². The summed E-state index contributed by atoms with van der Waals surface area (Å²) < 4.78 is 3.14. The van der Waals surface area contributed by atoms with Crippen molar-refractivity contribution in [2.24, 2.45) is 0 Å². The average Bonchev–Trinajstić information content (AvgIpc) is 3.30. The average molecular weight is 403 g/mol. The highest BCUT2D eigenvalue weighted by atomic mass is 16.1. The van der Waals surface area contributed by atoms with E-state index in [1.807, 2.05) is 19.1 Å². The van der Waals surface area contributed by atoms with Gasteiger partial charge in [0.1, 0.15) is 24.3 Å². The monoisotopic (exact) mass is 403 g/mol. The Bertz CT molecular complexity index is 1230. The van der Waals surface area contributed by atoms with Crippen LogP contribution in [0.4, 0.5) is 5.82 Å². The van der Waals surface area contributed by atoms with Gasteiger partial charge >= 0.3 is 0 Å². The van der Waals surface area contributed by atoms with Gasteiger partial charge in [-0.05, 0) is 50.8 Å². The quantitative estimate of drug-likeness (QED) is 0.550. The lowest BCUT2D eigenvalue weighted by Crippen LogP contribution is -2.33. The van der Waals surface area contributed by atoms with E-state index in [-0.39, 0.29) is 17.6 Å². The van der Waals surface area contributed by atoms with E-state index in [1.165, 1.54) is 12.4 Å². The van der Waals surface area contributed by atoms with Gasteiger partial charge in [0.2, 0.25) is 0 Å². The maximum Gasteiger partial charge on any atom is 0.267 e. The van der Waals surface area contributed by atoms with Gasteiger partial charge in [0.05, 0.1) is 11.4 Å². The third-order valence-corrected chi connectivity index (χ3v) is 5.43. The summed E-state index contributed by atoms with van der Waals surface area (Å²) in [5.74, 6) is 2.10. The van der Waals surface area contributed by atoms with E-state index in [9.17, 15) is 4.79 Å². The molecule has 1 aliphatic rings. The van der Waals surface area contributed by atoms with Crippen LogP contribution < -0.4 is 10.9 Å². The van der Waals surface area contributed by atoms with Gasteiger partial charge in [-0.3, -0.25) is 4.79 Å². The molecular formula is C20H21N9O. The SMILES string of the molecule is Cc1nc(NC2CCC(n3nc(-n4cncn4)ccc3=O)CC2)c2cccnc2n1. The fourth-order valence-electron chi connectivity index (χ4n) is 3.96. The first kappa shape index (κ1) is 18.3. The van der Waals surface area contributed by atoms with E-state index in [4.69, 9.17) is 0 Å². The number of aryl methyl sites for hydroxylation is 1. The first-order valence-electron chi connectivity index (χ1n) is 9.98. The van der Waals surface area contributed by atoms with Crippen molar-refractivity contribution in [3.8, 4) is 5.82 Å². The topological polar surface area (TPSA) is 116 Å². The fourth-order valence-corrected chi connectivity index (χ4v) is 3.96. The van der Waals surface area contributed by atoms with Gasteiger partial charge in [0.25, 0.3) is 5.56 Å². The van der Waals surface area contributed by atoms with Crippen molar-refractivity contribution >= 4 is 16.9 Å². The van der Waals surface area contributed by atoms with Crippen molar-refractivity contribution in [3.05, 3.63) is 59.3 Å². The molecule has 30 heavy (non-hydrogen) atoms. The lowest BCUT2D eigenvalue weighted by Gasteiger charge is -2.30. The molecule has 0 bridgehead atoms.